The molecule has 1 aromatic heterocycles. The monoisotopic (exact) mass is 337 g/mol. The molecule has 0 N–H and O–H groups in total. The fraction of sp³-hybridized carbons (Fsp3) is 0.471. The molecule has 2 nitrogen and oxygen atoms in total. The van der Waals surface area contributed by atoms with Crippen LogP contribution in [0.2, 0.25) is 0 Å². The van der Waals surface area contributed by atoms with Gasteiger partial charge in [0, 0.05) is 22.1 Å². The van der Waals surface area contributed by atoms with Gasteiger partial charge in [0.2, 0.25) is 0 Å². The van der Waals surface area contributed by atoms with Gasteiger partial charge in [-0.2, -0.15) is 0 Å². The van der Waals surface area contributed by atoms with Crippen molar-refractivity contribution in [3.8, 4) is 0 Å². The minimum absolute atomic E-state index is 0.114. The second kappa shape index (κ2) is 7.01. The second-order valence-electron chi connectivity index (χ2n) is 5.88. The Morgan fingerprint density at radius 3 is 2.68 bits per heavy atom. The quantitative estimate of drug-likeness (QED) is 0.772. The summed E-state index contributed by atoms with van der Waals surface area (Å²) in [6, 6.07) is 6.26. The van der Waals surface area contributed by atoms with Crippen LogP contribution in [0.15, 0.2) is 29.6 Å². The van der Waals surface area contributed by atoms with Crippen LogP contribution < -0.4 is 0 Å². The fourth-order valence-corrected chi connectivity index (χ4v) is 5.15. The molecule has 1 fully saturated rings. The number of nitrogens with zero attached hydrogens (tertiary/aromatic N) is 1. The summed E-state index contributed by atoms with van der Waals surface area (Å²) in [5, 5.41) is 3.14. The topological polar surface area (TPSA) is 30.0 Å². The molecule has 1 aliphatic carbocycles. The lowest BCUT2D eigenvalue weighted by Gasteiger charge is -2.11. The molecule has 0 spiro atoms. The van der Waals surface area contributed by atoms with E-state index in [9.17, 15) is 8.60 Å². The first kappa shape index (κ1) is 15.8. The van der Waals surface area contributed by atoms with E-state index in [1.54, 1.807) is 23.5 Å². The molecule has 2 atom stereocenters. The van der Waals surface area contributed by atoms with Crippen molar-refractivity contribution in [2.45, 2.75) is 49.5 Å². The highest BCUT2D eigenvalue weighted by Crippen LogP contribution is 2.36. The Morgan fingerprint density at radius 2 is 2.00 bits per heavy atom. The van der Waals surface area contributed by atoms with Crippen molar-refractivity contribution in [2.75, 3.05) is 0 Å². The highest BCUT2D eigenvalue weighted by molar-refractivity contribution is 7.84. The maximum absolute atomic E-state index is 13.0. The van der Waals surface area contributed by atoms with Crippen LogP contribution in [0, 0.1) is 5.82 Å². The van der Waals surface area contributed by atoms with Crippen molar-refractivity contribution in [3.63, 3.8) is 0 Å². The van der Waals surface area contributed by atoms with E-state index in [2.05, 4.69) is 4.98 Å². The molecule has 0 unspecified atom stereocenters. The largest absolute Gasteiger partial charge is 0.259 e. The molecule has 0 radical (unpaired) electrons. The summed E-state index contributed by atoms with van der Waals surface area (Å²) in [5.74, 6) is 0.825. The molecule has 0 aliphatic heterocycles. The number of hydrogen-bond donors (Lipinski definition) is 0. The maximum atomic E-state index is 13.0. The highest BCUT2D eigenvalue weighted by Gasteiger charge is 2.21. The van der Waals surface area contributed by atoms with Crippen LogP contribution in [0.3, 0.4) is 0 Å². The zero-order valence-corrected chi connectivity index (χ0v) is 14.3. The lowest BCUT2D eigenvalue weighted by Crippen LogP contribution is -2.06. The minimum Gasteiger partial charge on any atom is -0.259 e. The molecule has 1 saturated carbocycles. The van der Waals surface area contributed by atoms with Gasteiger partial charge >= 0.3 is 0 Å². The van der Waals surface area contributed by atoms with Gasteiger partial charge in [0.05, 0.1) is 21.7 Å². The molecule has 1 aliphatic rings. The Morgan fingerprint density at radius 1 is 1.32 bits per heavy atom. The molecular formula is C17H20FNOS2. The van der Waals surface area contributed by atoms with Crippen LogP contribution in [0.25, 0.3) is 0 Å². The van der Waals surface area contributed by atoms with Crippen molar-refractivity contribution in [2.24, 2.45) is 0 Å². The van der Waals surface area contributed by atoms with Gasteiger partial charge < -0.3 is 0 Å². The molecule has 118 valence electrons. The molecule has 0 saturated heterocycles. The summed E-state index contributed by atoms with van der Waals surface area (Å²) in [6.07, 6.45) is 5.07. The van der Waals surface area contributed by atoms with E-state index in [0.29, 0.717) is 11.7 Å². The van der Waals surface area contributed by atoms with Crippen LogP contribution in [-0.2, 0) is 16.6 Å². The van der Waals surface area contributed by atoms with E-state index in [-0.39, 0.29) is 11.1 Å². The Bertz CT molecular complexity index is 647. The lowest BCUT2D eigenvalue weighted by atomic mass is 10.1. The van der Waals surface area contributed by atoms with Crippen molar-refractivity contribution in [1.29, 1.82) is 0 Å². The maximum Gasteiger partial charge on any atom is 0.123 e. The Labute approximate surface area is 137 Å². The molecule has 1 aromatic carbocycles. The smallest absolute Gasteiger partial charge is 0.123 e. The summed E-state index contributed by atoms with van der Waals surface area (Å²) in [6.45, 7) is 1.92. The van der Waals surface area contributed by atoms with E-state index >= 15 is 0 Å². The predicted molar refractivity (Wildman–Crippen MR) is 90.0 cm³/mol. The number of halogens is 1. The SMILES string of the molecule is C[C@@H](c1ccc(F)cc1)[S@@](=O)Cc1csc(C2CCCC2)n1. The standard InChI is InChI=1S/C17H20FNOS2/c1-12(13-6-8-15(18)9-7-13)22(20)11-16-10-21-17(19-16)14-4-2-3-5-14/h6-10,12,14H,2-5,11H2,1H3/t12-,22-/m0/s1. The van der Waals surface area contributed by atoms with Crippen LogP contribution >= 0.6 is 11.3 Å². The van der Waals surface area contributed by atoms with Gasteiger partial charge in [0.15, 0.2) is 0 Å². The van der Waals surface area contributed by atoms with Gasteiger partial charge in [0.1, 0.15) is 5.82 Å². The molecule has 0 bridgehead atoms. The van der Waals surface area contributed by atoms with Crippen molar-refractivity contribution >= 4 is 22.1 Å². The average molecular weight is 337 g/mol. The van der Waals surface area contributed by atoms with Crippen LogP contribution in [0.4, 0.5) is 4.39 Å². The van der Waals surface area contributed by atoms with Crippen molar-refractivity contribution in [3.05, 3.63) is 51.7 Å². The second-order valence-corrected chi connectivity index (χ2v) is 8.52. The third-order valence-electron chi connectivity index (χ3n) is 4.30. The van der Waals surface area contributed by atoms with Crippen molar-refractivity contribution < 1.29 is 8.60 Å². The molecular weight excluding hydrogens is 317 g/mol. The van der Waals surface area contributed by atoms with E-state index in [4.69, 9.17) is 0 Å². The third kappa shape index (κ3) is 3.63. The molecule has 3 rings (SSSR count). The fourth-order valence-electron chi connectivity index (χ4n) is 2.91. The Kier molecular flexibility index (Phi) is 5.03. The zero-order valence-electron chi connectivity index (χ0n) is 12.6. The van der Waals surface area contributed by atoms with Crippen LogP contribution in [0.5, 0.6) is 0 Å². The van der Waals surface area contributed by atoms with Gasteiger partial charge in [0.25, 0.3) is 0 Å². The molecule has 22 heavy (non-hydrogen) atoms. The Balaban J connectivity index is 1.64. The first-order valence-electron chi connectivity index (χ1n) is 7.70. The normalized spacial score (nSPS) is 18.5. The summed E-state index contributed by atoms with van der Waals surface area (Å²) in [5.41, 5.74) is 1.84. The van der Waals surface area contributed by atoms with E-state index in [0.717, 1.165) is 11.3 Å². The number of benzene rings is 1. The van der Waals surface area contributed by atoms with Gasteiger partial charge in [-0.3, -0.25) is 4.21 Å². The first-order chi connectivity index (χ1) is 10.6. The van der Waals surface area contributed by atoms with Crippen LogP contribution in [0.1, 0.15) is 60.0 Å². The van der Waals surface area contributed by atoms with E-state index in [1.807, 2.05) is 12.3 Å². The van der Waals surface area contributed by atoms with E-state index in [1.165, 1.54) is 42.8 Å². The van der Waals surface area contributed by atoms with E-state index < -0.39 is 10.8 Å². The predicted octanol–water partition coefficient (Wildman–Crippen LogP) is 4.95. The molecule has 1 heterocycles. The third-order valence-corrected chi connectivity index (χ3v) is 6.99. The minimum atomic E-state index is -1.04. The molecule has 0 amide bonds. The summed E-state index contributed by atoms with van der Waals surface area (Å²) in [7, 11) is -1.04. The van der Waals surface area contributed by atoms with Gasteiger partial charge in [-0.15, -0.1) is 11.3 Å². The van der Waals surface area contributed by atoms with Crippen molar-refractivity contribution in [1.82, 2.24) is 4.98 Å². The number of rotatable bonds is 5. The first-order valence-corrected chi connectivity index (χ1v) is 9.96. The van der Waals surface area contributed by atoms with Gasteiger partial charge in [-0.1, -0.05) is 25.0 Å². The number of thiazole rings is 1. The van der Waals surface area contributed by atoms with Gasteiger partial charge in [-0.05, 0) is 37.5 Å². The highest BCUT2D eigenvalue weighted by atomic mass is 32.2. The zero-order chi connectivity index (χ0) is 15.5. The number of aromatic nitrogens is 1. The lowest BCUT2D eigenvalue weighted by molar-refractivity contribution is 0.626. The summed E-state index contributed by atoms with van der Waals surface area (Å²) < 4.78 is 25.5. The molecule has 2 aromatic rings. The van der Waals surface area contributed by atoms with Crippen LogP contribution in [-0.4, -0.2) is 9.19 Å². The Hall–Kier alpha value is -1.07. The molecule has 5 heteroatoms. The average Bonchev–Trinajstić information content (AvgIpc) is 3.18. The number of hydrogen-bond acceptors (Lipinski definition) is 3. The summed E-state index contributed by atoms with van der Waals surface area (Å²) >= 11 is 1.70. The summed E-state index contributed by atoms with van der Waals surface area (Å²) in [4.78, 5) is 4.69. The van der Waals surface area contributed by atoms with Gasteiger partial charge in [-0.25, -0.2) is 9.37 Å².